The van der Waals surface area contributed by atoms with Gasteiger partial charge in [-0.25, -0.2) is 0 Å². The predicted molar refractivity (Wildman–Crippen MR) is 76.8 cm³/mol. The van der Waals surface area contributed by atoms with Gasteiger partial charge in [0.05, 0.1) is 11.5 Å². The number of nitro groups is 1. The summed E-state index contributed by atoms with van der Waals surface area (Å²) < 4.78 is 5.41. The van der Waals surface area contributed by atoms with Crippen molar-refractivity contribution in [2.75, 3.05) is 19.8 Å². The highest BCUT2D eigenvalue weighted by Gasteiger charge is 2.16. The Morgan fingerprint density at radius 1 is 1.50 bits per heavy atom. The van der Waals surface area contributed by atoms with Crippen molar-refractivity contribution in [2.24, 2.45) is 5.92 Å². The van der Waals surface area contributed by atoms with Gasteiger partial charge in [0.1, 0.15) is 0 Å². The first-order valence-electron chi connectivity index (χ1n) is 6.80. The highest BCUT2D eigenvalue weighted by Crippen LogP contribution is 2.28. The molecule has 0 fully saturated rings. The molecule has 0 aromatic heterocycles. The summed E-state index contributed by atoms with van der Waals surface area (Å²) in [7, 11) is 0. The number of nitro benzene ring substituents is 1. The van der Waals surface area contributed by atoms with Crippen molar-refractivity contribution in [1.29, 1.82) is 0 Å². The molecule has 0 bridgehead atoms. The van der Waals surface area contributed by atoms with Crippen LogP contribution < -0.4 is 10.1 Å². The molecule has 0 saturated carbocycles. The predicted octanol–water partition coefficient (Wildman–Crippen LogP) is 2.10. The highest BCUT2D eigenvalue weighted by atomic mass is 16.6. The van der Waals surface area contributed by atoms with Gasteiger partial charge in [-0.2, -0.15) is 0 Å². The van der Waals surface area contributed by atoms with Gasteiger partial charge in [-0.3, -0.25) is 10.1 Å². The lowest BCUT2D eigenvalue weighted by Gasteiger charge is -2.11. The van der Waals surface area contributed by atoms with Crippen LogP contribution in [0.2, 0.25) is 0 Å². The van der Waals surface area contributed by atoms with Gasteiger partial charge in [0.15, 0.2) is 5.75 Å². The van der Waals surface area contributed by atoms with E-state index in [0.29, 0.717) is 6.54 Å². The van der Waals surface area contributed by atoms with E-state index in [1.807, 2.05) is 13.0 Å². The zero-order valence-electron chi connectivity index (χ0n) is 12.0. The molecule has 20 heavy (non-hydrogen) atoms. The first-order valence-corrected chi connectivity index (χ1v) is 6.80. The molecule has 0 saturated heterocycles. The fourth-order valence-electron chi connectivity index (χ4n) is 1.63. The molecule has 0 radical (unpaired) electrons. The van der Waals surface area contributed by atoms with E-state index in [1.165, 1.54) is 6.07 Å². The summed E-state index contributed by atoms with van der Waals surface area (Å²) in [5.74, 6) is 0.190. The van der Waals surface area contributed by atoms with Crippen molar-refractivity contribution in [1.82, 2.24) is 5.32 Å². The Kier molecular flexibility index (Phi) is 6.97. The number of benzene rings is 1. The molecule has 6 nitrogen and oxygen atoms in total. The van der Waals surface area contributed by atoms with Crippen molar-refractivity contribution < 1.29 is 14.8 Å². The maximum absolute atomic E-state index is 11.1. The van der Waals surface area contributed by atoms with E-state index in [1.54, 1.807) is 6.07 Å². The van der Waals surface area contributed by atoms with Crippen molar-refractivity contribution in [3.8, 4) is 5.75 Å². The highest BCUT2D eigenvalue weighted by molar-refractivity contribution is 5.48. The molecule has 112 valence electrons. The lowest BCUT2D eigenvalue weighted by molar-refractivity contribution is -0.386. The fourth-order valence-corrected chi connectivity index (χ4v) is 1.63. The number of hydrogen-bond acceptors (Lipinski definition) is 5. The van der Waals surface area contributed by atoms with E-state index >= 15 is 0 Å². The molecule has 0 spiro atoms. The first-order chi connectivity index (χ1) is 9.58. The third-order valence-electron chi connectivity index (χ3n) is 2.81. The van der Waals surface area contributed by atoms with Gasteiger partial charge in [0.2, 0.25) is 0 Å². The van der Waals surface area contributed by atoms with E-state index in [-0.39, 0.29) is 30.6 Å². The third-order valence-corrected chi connectivity index (χ3v) is 2.81. The number of rotatable bonds is 9. The van der Waals surface area contributed by atoms with E-state index in [2.05, 4.69) is 12.2 Å². The number of nitrogens with one attached hydrogen (secondary N) is 1. The van der Waals surface area contributed by atoms with Gasteiger partial charge in [-0.05, 0) is 24.6 Å². The lowest BCUT2D eigenvalue weighted by atomic mass is 10.1. The molecule has 6 heteroatoms. The van der Waals surface area contributed by atoms with Crippen molar-refractivity contribution >= 4 is 5.69 Å². The Labute approximate surface area is 118 Å². The Bertz CT molecular complexity index is 437. The number of nitrogens with zero attached hydrogens (tertiary/aromatic N) is 1. The lowest BCUT2D eigenvalue weighted by Crippen LogP contribution is -2.15. The van der Waals surface area contributed by atoms with Crippen LogP contribution in [0.15, 0.2) is 18.2 Å². The minimum Gasteiger partial charge on any atom is -0.486 e. The van der Waals surface area contributed by atoms with Crippen LogP contribution in [0.1, 0.15) is 25.8 Å². The SMILES string of the molecule is CCCNCc1ccc(OCC(C)CO)c([N+](=O)[O-])c1. The van der Waals surface area contributed by atoms with Crippen molar-refractivity contribution in [2.45, 2.75) is 26.8 Å². The first kappa shape index (κ1) is 16.4. The average Bonchev–Trinajstić information content (AvgIpc) is 2.45. The van der Waals surface area contributed by atoms with Crippen LogP contribution in [0.25, 0.3) is 0 Å². The summed E-state index contributed by atoms with van der Waals surface area (Å²) in [5, 5.41) is 23.2. The van der Waals surface area contributed by atoms with Crippen LogP contribution in [0.5, 0.6) is 5.75 Å². The largest absolute Gasteiger partial charge is 0.486 e. The molecule has 2 N–H and O–H groups in total. The maximum Gasteiger partial charge on any atom is 0.311 e. The topological polar surface area (TPSA) is 84.6 Å². The monoisotopic (exact) mass is 282 g/mol. The molecule has 1 rings (SSSR count). The molecule has 0 aliphatic heterocycles. The number of ether oxygens (including phenoxy) is 1. The number of aliphatic hydroxyl groups is 1. The van der Waals surface area contributed by atoms with E-state index < -0.39 is 4.92 Å². The zero-order chi connectivity index (χ0) is 15.0. The summed E-state index contributed by atoms with van der Waals surface area (Å²) in [6.45, 7) is 5.60. The zero-order valence-corrected chi connectivity index (χ0v) is 12.0. The van der Waals surface area contributed by atoms with Gasteiger partial charge in [0, 0.05) is 25.1 Å². The van der Waals surface area contributed by atoms with Gasteiger partial charge >= 0.3 is 5.69 Å². The van der Waals surface area contributed by atoms with Crippen LogP contribution in [0.3, 0.4) is 0 Å². The second kappa shape index (κ2) is 8.50. The second-order valence-corrected chi connectivity index (χ2v) is 4.83. The Hall–Kier alpha value is -1.66. The third kappa shape index (κ3) is 5.14. The minimum absolute atomic E-state index is 0.00712. The minimum atomic E-state index is -0.442. The molecule has 1 unspecified atom stereocenters. The molecule has 1 aromatic rings. The fraction of sp³-hybridized carbons (Fsp3) is 0.571. The van der Waals surface area contributed by atoms with Gasteiger partial charge in [0.25, 0.3) is 0 Å². The molecular weight excluding hydrogens is 260 g/mol. The molecule has 0 amide bonds. The van der Waals surface area contributed by atoms with Gasteiger partial charge < -0.3 is 15.2 Å². The molecule has 1 atom stereocenters. The standard InChI is InChI=1S/C14H22N2O4/c1-3-6-15-8-12-4-5-14(13(7-12)16(18)19)20-10-11(2)9-17/h4-5,7,11,15,17H,3,6,8-10H2,1-2H3. The molecule has 1 aromatic carbocycles. The summed E-state index contributed by atoms with van der Waals surface area (Å²) in [4.78, 5) is 10.6. The van der Waals surface area contributed by atoms with Crippen LogP contribution >= 0.6 is 0 Å². The summed E-state index contributed by atoms with van der Waals surface area (Å²) in [6.07, 6.45) is 1.02. The summed E-state index contributed by atoms with van der Waals surface area (Å²) in [5.41, 5.74) is 0.818. The Morgan fingerprint density at radius 3 is 2.85 bits per heavy atom. The molecule has 0 aliphatic rings. The number of hydrogen-bond donors (Lipinski definition) is 2. The van der Waals surface area contributed by atoms with E-state index in [9.17, 15) is 10.1 Å². The van der Waals surface area contributed by atoms with E-state index in [4.69, 9.17) is 9.84 Å². The van der Waals surface area contributed by atoms with Gasteiger partial charge in [-0.15, -0.1) is 0 Å². The van der Waals surface area contributed by atoms with Crippen LogP contribution in [0.4, 0.5) is 5.69 Å². The Morgan fingerprint density at radius 2 is 2.25 bits per heavy atom. The maximum atomic E-state index is 11.1. The Balaban J connectivity index is 2.76. The normalized spacial score (nSPS) is 12.2. The van der Waals surface area contributed by atoms with Crippen molar-refractivity contribution in [3.05, 3.63) is 33.9 Å². The van der Waals surface area contributed by atoms with Crippen LogP contribution in [-0.2, 0) is 6.54 Å². The smallest absolute Gasteiger partial charge is 0.311 e. The van der Waals surface area contributed by atoms with Crippen LogP contribution in [0, 0.1) is 16.0 Å². The molecule has 0 heterocycles. The van der Waals surface area contributed by atoms with Crippen LogP contribution in [-0.4, -0.2) is 29.8 Å². The molecular formula is C14H22N2O4. The summed E-state index contributed by atoms with van der Waals surface area (Å²) >= 11 is 0. The summed E-state index contributed by atoms with van der Waals surface area (Å²) in [6, 6.07) is 4.96. The second-order valence-electron chi connectivity index (χ2n) is 4.83. The number of aliphatic hydroxyl groups excluding tert-OH is 1. The quantitative estimate of drug-likeness (QED) is 0.411. The van der Waals surface area contributed by atoms with E-state index in [0.717, 1.165) is 18.5 Å². The van der Waals surface area contributed by atoms with Crippen molar-refractivity contribution in [3.63, 3.8) is 0 Å². The molecule has 0 aliphatic carbocycles. The average molecular weight is 282 g/mol. The van der Waals surface area contributed by atoms with Gasteiger partial charge in [-0.1, -0.05) is 19.9 Å².